The average Bonchev–Trinajstić information content (AvgIpc) is 3.58. The zero-order valence-electron chi connectivity index (χ0n) is 22.1. The minimum Gasteiger partial charge on any atom is -0.492 e. The monoisotopic (exact) mass is 572 g/mol. The molecule has 1 aromatic carbocycles. The van der Waals surface area contributed by atoms with Crippen LogP contribution < -0.4 is 9.47 Å². The third-order valence-corrected chi connectivity index (χ3v) is 8.51. The fourth-order valence-electron chi connectivity index (χ4n) is 6.57. The van der Waals surface area contributed by atoms with E-state index in [0.717, 1.165) is 0 Å². The molecule has 2 N–H and O–H groups in total. The predicted octanol–water partition coefficient (Wildman–Crippen LogP) is 0.176. The van der Waals surface area contributed by atoms with E-state index in [9.17, 15) is 24.6 Å². The van der Waals surface area contributed by atoms with Gasteiger partial charge in [-0.25, -0.2) is 0 Å². The van der Waals surface area contributed by atoms with Gasteiger partial charge in [-0.15, -0.1) is 0 Å². The van der Waals surface area contributed by atoms with Crippen molar-refractivity contribution in [1.29, 1.82) is 0 Å². The summed E-state index contributed by atoms with van der Waals surface area (Å²) in [6, 6.07) is 3.45. The number of aliphatic hydroxyl groups is 2. The van der Waals surface area contributed by atoms with Crippen molar-refractivity contribution in [3.05, 3.63) is 46.7 Å². The number of methoxy groups -OCH3 is 1. The molecule has 3 saturated heterocycles. The molecule has 1 aromatic rings. The van der Waals surface area contributed by atoms with Crippen LogP contribution in [0.2, 0.25) is 0 Å². The van der Waals surface area contributed by atoms with E-state index in [1.54, 1.807) is 19.1 Å². The Bertz CT molecular complexity index is 1360. The smallest absolute Gasteiger partial charge is 0.310 e. The maximum absolute atomic E-state index is 13.3. The molecule has 2 aliphatic carbocycles. The van der Waals surface area contributed by atoms with Crippen LogP contribution >= 0.6 is 0 Å². The fourth-order valence-corrected chi connectivity index (χ4v) is 6.57. The summed E-state index contributed by atoms with van der Waals surface area (Å²) in [7, 11) is 1.29. The minimum absolute atomic E-state index is 0.00907. The lowest BCUT2D eigenvalue weighted by Crippen LogP contribution is -2.63. The Balaban J connectivity index is 1.30. The fraction of sp³-hybridized carbons (Fsp3) is 0.536. The van der Waals surface area contributed by atoms with Gasteiger partial charge in [-0.1, -0.05) is 0 Å². The van der Waals surface area contributed by atoms with E-state index in [1.807, 2.05) is 0 Å². The topological polar surface area (TPSA) is 166 Å². The first-order valence-electron chi connectivity index (χ1n) is 13.3. The molecule has 4 heterocycles. The van der Waals surface area contributed by atoms with Gasteiger partial charge < -0.3 is 48.1 Å². The van der Waals surface area contributed by atoms with Gasteiger partial charge in [-0.3, -0.25) is 14.4 Å². The number of carbonyl (C=O) groups excluding carboxylic acids is 3. The Hall–Kier alpha value is -3.33. The molecule has 0 unspecified atom stereocenters. The van der Waals surface area contributed by atoms with E-state index in [-0.39, 0.29) is 25.8 Å². The molecular formula is C28H28O13. The van der Waals surface area contributed by atoms with Gasteiger partial charge in [0, 0.05) is 11.8 Å². The Morgan fingerprint density at radius 2 is 1.68 bits per heavy atom. The largest absolute Gasteiger partial charge is 0.492 e. The van der Waals surface area contributed by atoms with Crippen LogP contribution in [0.25, 0.3) is 0 Å². The van der Waals surface area contributed by atoms with E-state index in [2.05, 4.69) is 0 Å². The van der Waals surface area contributed by atoms with Crippen molar-refractivity contribution in [2.24, 2.45) is 11.8 Å². The SMILES string of the molecule is COC1=CC([C@@H]2c3cc4c(cc3[C@H](O[C@@H]3O[C@@H]5CO[C@H](C)O[C@H]5[C@H](O)[C@H]3O)[C@H]3COC(=O)[C@@H]32)OCO4)=CC(=O)C1=O. The summed E-state index contributed by atoms with van der Waals surface area (Å²) < 4.78 is 45.5. The first-order valence-corrected chi connectivity index (χ1v) is 13.3. The van der Waals surface area contributed by atoms with Crippen LogP contribution in [-0.2, 0) is 42.8 Å². The van der Waals surface area contributed by atoms with E-state index in [4.69, 9.17) is 37.9 Å². The zero-order chi connectivity index (χ0) is 28.6. The number of rotatable bonds is 4. The molecule has 41 heavy (non-hydrogen) atoms. The van der Waals surface area contributed by atoms with Crippen LogP contribution in [0.1, 0.15) is 30.1 Å². The van der Waals surface area contributed by atoms with Gasteiger partial charge in [0.2, 0.25) is 12.6 Å². The number of benzene rings is 1. The molecule has 0 spiro atoms. The molecule has 0 bridgehead atoms. The number of carbonyl (C=O) groups is 3. The van der Waals surface area contributed by atoms with Gasteiger partial charge in [-0.05, 0) is 47.9 Å². The number of hydrogen-bond donors (Lipinski definition) is 2. The van der Waals surface area contributed by atoms with Crippen molar-refractivity contribution in [2.75, 3.05) is 27.1 Å². The summed E-state index contributed by atoms with van der Waals surface area (Å²) in [6.45, 7) is 1.79. The number of ether oxygens (including phenoxy) is 8. The highest BCUT2D eigenvalue weighted by atomic mass is 16.8. The van der Waals surface area contributed by atoms with Crippen molar-refractivity contribution in [3.63, 3.8) is 0 Å². The highest BCUT2D eigenvalue weighted by molar-refractivity contribution is 6.47. The Kier molecular flexibility index (Phi) is 6.41. The Labute approximate surface area is 233 Å². The van der Waals surface area contributed by atoms with E-state index >= 15 is 0 Å². The summed E-state index contributed by atoms with van der Waals surface area (Å²) >= 11 is 0. The normalized spacial score (nSPS) is 39.3. The standard InChI is InChI=1S/C28H28O13/c1-10-35-8-19-26(39-10)23(31)24(32)28(40-19)41-25-13-6-17-16(37-9-38-17)5-12(13)20(21-14(25)7-36-27(21)33)11-3-15(29)22(30)18(4-11)34-2/h3-6,10,14,19-21,23-26,28,31-32H,7-9H2,1-2H3/t10-,14-,19+,20+,21-,23+,24+,25-,26+,28-/m0/s1. The molecule has 4 aliphatic heterocycles. The van der Waals surface area contributed by atoms with Gasteiger partial charge in [0.05, 0.1) is 32.3 Å². The number of aliphatic hydroxyl groups excluding tert-OH is 2. The number of ketones is 2. The third-order valence-electron chi connectivity index (χ3n) is 8.51. The lowest BCUT2D eigenvalue weighted by Gasteiger charge is -2.47. The van der Waals surface area contributed by atoms with Gasteiger partial charge in [-0.2, -0.15) is 0 Å². The van der Waals surface area contributed by atoms with E-state index in [1.165, 1.54) is 19.3 Å². The summed E-state index contributed by atoms with van der Waals surface area (Å²) in [6.07, 6.45) is -4.35. The number of hydrogen-bond acceptors (Lipinski definition) is 13. The van der Waals surface area contributed by atoms with Crippen LogP contribution in [0.3, 0.4) is 0 Å². The molecule has 7 rings (SSSR count). The van der Waals surface area contributed by atoms with Crippen molar-refractivity contribution >= 4 is 17.5 Å². The van der Waals surface area contributed by atoms with Crippen molar-refractivity contribution in [2.45, 2.75) is 55.9 Å². The maximum atomic E-state index is 13.3. The minimum atomic E-state index is -1.47. The van der Waals surface area contributed by atoms with Crippen molar-refractivity contribution in [3.8, 4) is 11.5 Å². The summed E-state index contributed by atoms with van der Waals surface area (Å²) in [5, 5.41) is 21.8. The lowest BCUT2D eigenvalue weighted by atomic mass is 9.65. The van der Waals surface area contributed by atoms with Gasteiger partial charge in [0.25, 0.3) is 5.78 Å². The predicted molar refractivity (Wildman–Crippen MR) is 131 cm³/mol. The average molecular weight is 573 g/mol. The highest BCUT2D eigenvalue weighted by Gasteiger charge is 2.56. The zero-order valence-corrected chi connectivity index (χ0v) is 22.1. The summed E-state index contributed by atoms with van der Waals surface area (Å²) in [4.78, 5) is 38.2. The molecule has 6 aliphatic rings. The first-order chi connectivity index (χ1) is 19.7. The number of allylic oxidation sites excluding steroid dienone is 4. The number of fused-ring (bicyclic) bond motifs is 4. The second-order valence-electron chi connectivity index (χ2n) is 10.8. The molecule has 0 amide bonds. The van der Waals surface area contributed by atoms with Crippen LogP contribution in [0.15, 0.2) is 35.6 Å². The molecular weight excluding hydrogens is 544 g/mol. The number of esters is 1. The third kappa shape index (κ3) is 4.18. The van der Waals surface area contributed by atoms with E-state index in [0.29, 0.717) is 28.2 Å². The Morgan fingerprint density at radius 3 is 2.44 bits per heavy atom. The second-order valence-corrected chi connectivity index (χ2v) is 10.8. The molecule has 218 valence electrons. The lowest BCUT2D eigenvalue weighted by molar-refractivity contribution is -0.364. The number of Topliss-reactive ketones (excluding diaryl/α,β-unsaturated/α-hetero) is 1. The van der Waals surface area contributed by atoms with Gasteiger partial charge >= 0.3 is 5.97 Å². The molecule has 0 saturated carbocycles. The van der Waals surface area contributed by atoms with Gasteiger partial charge in [0.15, 0.2) is 29.8 Å². The van der Waals surface area contributed by atoms with Gasteiger partial charge in [0.1, 0.15) is 24.4 Å². The molecule has 10 atom stereocenters. The van der Waals surface area contributed by atoms with Crippen molar-refractivity contribution < 1.29 is 62.5 Å². The Morgan fingerprint density at radius 1 is 0.927 bits per heavy atom. The molecule has 13 nitrogen and oxygen atoms in total. The highest BCUT2D eigenvalue weighted by Crippen LogP contribution is 2.56. The van der Waals surface area contributed by atoms with Crippen LogP contribution in [0, 0.1) is 11.8 Å². The second kappa shape index (κ2) is 9.89. The number of cyclic esters (lactones) is 1. The van der Waals surface area contributed by atoms with Crippen molar-refractivity contribution in [1.82, 2.24) is 0 Å². The summed E-state index contributed by atoms with van der Waals surface area (Å²) in [5.41, 5.74) is 1.58. The first kappa shape index (κ1) is 26.6. The molecule has 3 fully saturated rings. The van der Waals surface area contributed by atoms with E-state index < -0.39 is 78.4 Å². The quantitative estimate of drug-likeness (QED) is 0.285. The molecule has 0 radical (unpaired) electrons. The molecule has 13 heteroatoms. The summed E-state index contributed by atoms with van der Waals surface area (Å²) in [5.74, 6) is -3.43. The molecule has 0 aromatic heterocycles. The van der Waals surface area contributed by atoms with Crippen LogP contribution in [0.4, 0.5) is 0 Å². The maximum Gasteiger partial charge on any atom is 0.310 e. The van der Waals surface area contributed by atoms with Crippen LogP contribution in [-0.4, -0.2) is 91.9 Å². The van der Waals surface area contributed by atoms with Crippen LogP contribution in [0.5, 0.6) is 11.5 Å².